The fourth-order valence-corrected chi connectivity index (χ4v) is 3.79. The van der Waals surface area contributed by atoms with Gasteiger partial charge < -0.3 is 19.5 Å². The predicted octanol–water partition coefficient (Wildman–Crippen LogP) is 5.13. The molecular weight excluding hydrogens is 531 g/mol. The molecule has 0 aromatic heterocycles. The molecule has 204 valence electrons. The highest BCUT2D eigenvalue weighted by molar-refractivity contribution is 6.35. The van der Waals surface area contributed by atoms with Crippen molar-refractivity contribution in [2.45, 2.75) is 46.1 Å². The summed E-state index contributed by atoms with van der Waals surface area (Å²) in [4.78, 5) is 25.3. The van der Waals surface area contributed by atoms with Gasteiger partial charge in [0.1, 0.15) is 17.9 Å². The van der Waals surface area contributed by atoms with E-state index in [1.807, 2.05) is 26.8 Å². The molecule has 0 unspecified atom stereocenters. The van der Waals surface area contributed by atoms with Crippen LogP contribution in [0, 0.1) is 17.2 Å². The summed E-state index contributed by atoms with van der Waals surface area (Å²) >= 11 is 12.0. The molecule has 2 aromatic rings. The van der Waals surface area contributed by atoms with Gasteiger partial charge in [-0.1, -0.05) is 37.0 Å². The Bertz CT molecular complexity index is 1150. The molecule has 0 spiro atoms. The van der Waals surface area contributed by atoms with Gasteiger partial charge in [0, 0.05) is 11.4 Å². The first kappa shape index (κ1) is 30.7. The van der Waals surface area contributed by atoms with Gasteiger partial charge >= 0.3 is 0 Å². The molecule has 0 saturated heterocycles. The van der Waals surface area contributed by atoms with E-state index >= 15 is 0 Å². The summed E-state index contributed by atoms with van der Waals surface area (Å²) in [5, 5.41) is 16.4. The smallest absolute Gasteiger partial charge is 0.262 e. The van der Waals surface area contributed by atoms with Crippen molar-refractivity contribution in [2.75, 3.05) is 19.8 Å². The molecular formula is C27H32Cl2N4O5. The lowest BCUT2D eigenvalue weighted by molar-refractivity contribution is -0.129. The fraction of sp³-hybridized carbons (Fsp3) is 0.407. The minimum absolute atomic E-state index is 0.101. The second kappa shape index (κ2) is 16.4. The van der Waals surface area contributed by atoms with Gasteiger partial charge in [-0.15, -0.1) is 0 Å². The van der Waals surface area contributed by atoms with E-state index in [0.29, 0.717) is 52.3 Å². The van der Waals surface area contributed by atoms with Crippen LogP contribution in [0.15, 0.2) is 41.5 Å². The number of amides is 2. The number of rotatable bonds is 15. The Kier molecular flexibility index (Phi) is 13.3. The van der Waals surface area contributed by atoms with Crippen LogP contribution in [0.5, 0.6) is 17.2 Å². The lowest BCUT2D eigenvalue weighted by Crippen LogP contribution is -2.46. The van der Waals surface area contributed by atoms with E-state index < -0.39 is 11.9 Å². The number of nitrogens with zero attached hydrogens (tertiary/aromatic N) is 2. The van der Waals surface area contributed by atoms with E-state index in [-0.39, 0.29) is 31.5 Å². The minimum Gasteiger partial charge on any atom is -0.492 e. The van der Waals surface area contributed by atoms with Gasteiger partial charge in [0.15, 0.2) is 18.1 Å². The maximum Gasteiger partial charge on any atom is 0.262 e. The van der Waals surface area contributed by atoms with Crippen molar-refractivity contribution in [3.63, 3.8) is 0 Å². The number of hydrogen-bond donors (Lipinski definition) is 2. The molecule has 0 radical (unpaired) electrons. The molecule has 2 aromatic carbocycles. The summed E-state index contributed by atoms with van der Waals surface area (Å²) < 4.78 is 16.5. The Hall–Kier alpha value is -3.48. The van der Waals surface area contributed by atoms with E-state index in [9.17, 15) is 9.59 Å². The van der Waals surface area contributed by atoms with E-state index in [1.54, 1.807) is 36.4 Å². The molecule has 2 rings (SSSR count). The van der Waals surface area contributed by atoms with Crippen LogP contribution in [0.25, 0.3) is 0 Å². The van der Waals surface area contributed by atoms with Crippen LogP contribution in [0.3, 0.4) is 0 Å². The van der Waals surface area contributed by atoms with Gasteiger partial charge in [-0.2, -0.15) is 10.4 Å². The predicted molar refractivity (Wildman–Crippen MR) is 147 cm³/mol. The third-order valence-corrected chi connectivity index (χ3v) is 5.54. The van der Waals surface area contributed by atoms with Gasteiger partial charge in [0.25, 0.3) is 5.91 Å². The lowest BCUT2D eigenvalue weighted by atomic mass is 10.0. The minimum atomic E-state index is -0.743. The third-order valence-electron chi connectivity index (χ3n) is 5.01. The zero-order valence-corrected chi connectivity index (χ0v) is 23.1. The van der Waals surface area contributed by atoms with Gasteiger partial charge in [-0.3, -0.25) is 9.59 Å². The number of ether oxygens (including phenoxy) is 3. The Morgan fingerprint density at radius 2 is 1.84 bits per heavy atom. The Morgan fingerprint density at radius 1 is 1.08 bits per heavy atom. The number of benzene rings is 2. The molecule has 0 aliphatic carbocycles. The molecule has 0 saturated carbocycles. The molecule has 9 nitrogen and oxygen atoms in total. The zero-order chi connectivity index (χ0) is 27.9. The van der Waals surface area contributed by atoms with Gasteiger partial charge in [0.2, 0.25) is 5.91 Å². The number of halogens is 2. The quantitative estimate of drug-likeness (QED) is 0.176. The highest BCUT2D eigenvalue weighted by Crippen LogP contribution is 2.28. The van der Waals surface area contributed by atoms with Crippen molar-refractivity contribution in [3.05, 3.63) is 52.0 Å². The van der Waals surface area contributed by atoms with Crippen LogP contribution >= 0.6 is 23.2 Å². The van der Waals surface area contributed by atoms with Gasteiger partial charge in [-0.05, 0) is 67.6 Å². The summed E-state index contributed by atoms with van der Waals surface area (Å²) in [5.41, 5.74) is 3.15. The van der Waals surface area contributed by atoms with Crippen LogP contribution in [0.1, 0.15) is 45.6 Å². The maximum absolute atomic E-state index is 12.8. The Morgan fingerprint density at radius 3 is 2.53 bits per heavy atom. The second-order valence-corrected chi connectivity index (χ2v) is 9.44. The SMILES string of the molecule is CCOc1cc(/C=N\NC(=O)[C@@H](CC(C)C)NC(=O)CCCOc2ccc(Cl)cc2Cl)ccc1OCC#N. The monoisotopic (exact) mass is 562 g/mol. The highest BCUT2D eigenvalue weighted by Gasteiger charge is 2.21. The Labute approximate surface area is 233 Å². The summed E-state index contributed by atoms with van der Waals surface area (Å²) in [5.74, 6) is 0.867. The van der Waals surface area contributed by atoms with Crippen LogP contribution in [0.2, 0.25) is 10.0 Å². The molecule has 0 aliphatic heterocycles. The molecule has 11 heteroatoms. The Balaban J connectivity index is 1.89. The summed E-state index contributed by atoms with van der Waals surface area (Å²) in [7, 11) is 0. The topological polar surface area (TPSA) is 122 Å². The van der Waals surface area contributed by atoms with E-state index in [1.165, 1.54) is 6.21 Å². The van der Waals surface area contributed by atoms with Crippen molar-refractivity contribution in [1.29, 1.82) is 5.26 Å². The van der Waals surface area contributed by atoms with E-state index in [4.69, 9.17) is 42.7 Å². The van der Waals surface area contributed by atoms with Crippen molar-refractivity contribution in [1.82, 2.24) is 10.7 Å². The van der Waals surface area contributed by atoms with Crippen molar-refractivity contribution in [3.8, 4) is 23.3 Å². The second-order valence-electron chi connectivity index (χ2n) is 8.60. The number of nitriles is 1. The molecule has 2 amide bonds. The number of carbonyl (C=O) groups is 2. The molecule has 0 heterocycles. The first-order valence-electron chi connectivity index (χ1n) is 12.2. The van der Waals surface area contributed by atoms with Crippen LogP contribution in [-0.2, 0) is 9.59 Å². The first-order chi connectivity index (χ1) is 18.2. The van der Waals surface area contributed by atoms with Crippen LogP contribution in [0.4, 0.5) is 0 Å². The molecule has 1 atom stereocenters. The average Bonchev–Trinajstić information content (AvgIpc) is 2.86. The maximum atomic E-state index is 12.8. The van der Waals surface area contributed by atoms with Gasteiger partial charge in [-0.25, -0.2) is 5.43 Å². The number of carbonyl (C=O) groups excluding carboxylic acids is 2. The van der Waals surface area contributed by atoms with Crippen molar-refractivity contribution >= 4 is 41.2 Å². The zero-order valence-electron chi connectivity index (χ0n) is 21.6. The lowest BCUT2D eigenvalue weighted by Gasteiger charge is -2.19. The van der Waals surface area contributed by atoms with E-state index in [0.717, 1.165) is 0 Å². The van der Waals surface area contributed by atoms with Crippen LogP contribution < -0.4 is 25.0 Å². The molecule has 0 fully saturated rings. The molecule has 38 heavy (non-hydrogen) atoms. The highest BCUT2D eigenvalue weighted by atomic mass is 35.5. The fourth-order valence-electron chi connectivity index (χ4n) is 3.33. The average molecular weight is 563 g/mol. The number of hydrogen-bond acceptors (Lipinski definition) is 7. The third kappa shape index (κ3) is 10.9. The van der Waals surface area contributed by atoms with Gasteiger partial charge in [0.05, 0.1) is 24.5 Å². The standard InChI is InChI=1S/C27H32Cl2N4O5/c1-4-36-25-15-19(7-9-24(25)38-13-11-30)17-31-33-27(35)22(14-18(2)3)32-26(34)6-5-12-37-23-10-8-20(28)16-21(23)29/h7-10,15-18,22H,4-6,12-14H2,1-3H3,(H,32,34)(H,33,35)/b31-17-/t22-/m1/s1. The molecule has 2 N–H and O–H groups in total. The van der Waals surface area contributed by atoms with Crippen molar-refractivity contribution < 1.29 is 23.8 Å². The largest absolute Gasteiger partial charge is 0.492 e. The van der Waals surface area contributed by atoms with E-state index in [2.05, 4.69) is 15.8 Å². The molecule has 0 bridgehead atoms. The molecule has 0 aliphatic rings. The normalized spacial score (nSPS) is 11.6. The first-order valence-corrected chi connectivity index (χ1v) is 13.0. The summed E-state index contributed by atoms with van der Waals surface area (Å²) in [6, 6.07) is 11.2. The van der Waals surface area contributed by atoms with Crippen molar-refractivity contribution in [2.24, 2.45) is 11.0 Å². The number of nitrogens with one attached hydrogen (secondary N) is 2. The van der Waals surface area contributed by atoms with Crippen LogP contribution in [-0.4, -0.2) is 43.9 Å². The number of hydrazone groups is 1. The summed E-state index contributed by atoms with van der Waals surface area (Å²) in [6.45, 7) is 6.36. The summed E-state index contributed by atoms with van der Waals surface area (Å²) in [6.07, 6.45) is 2.53.